The Labute approximate surface area is 190 Å². The number of β-amino-alcohol motifs (C(OH)–C–C–N with tert-alkyl or cyclic N) is 1. The van der Waals surface area contributed by atoms with Gasteiger partial charge in [-0.25, -0.2) is 4.79 Å². The number of nitrogens with zero attached hydrogens (tertiary/aromatic N) is 2. The fourth-order valence-corrected chi connectivity index (χ4v) is 3.46. The number of nitrogens with two attached hydrogens (primary N) is 1. The fraction of sp³-hybridized carbons (Fsp3) is 0.810. The molecule has 0 aromatic carbocycles. The summed E-state index contributed by atoms with van der Waals surface area (Å²) in [6.45, 7) is 4.75. The van der Waals surface area contributed by atoms with E-state index in [2.05, 4.69) is 17.6 Å². The van der Waals surface area contributed by atoms with Crippen molar-refractivity contribution in [3.8, 4) is 0 Å². The summed E-state index contributed by atoms with van der Waals surface area (Å²) >= 11 is 0. The smallest absolute Gasteiger partial charge is 0.317 e. The normalized spacial score (nSPS) is 20.9. The maximum atomic E-state index is 13.0. The molecule has 4 unspecified atom stereocenters. The predicted octanol–water partition coefficient (Wildman–Crippen LogP) is -0.784. The average Bonchev–Trinajstić information content (AvgIpc) is 3.17. The summed E-state index contributed by atoms with van der Waals surface area (Å²) < 4.78 is 5.24. The molecule has 1 saturated heterocycles. The van der Waals surface area contributed by atoms with Crippen molar-refractivity contribution in [3.05, 3.63) is 0 Å². The van der Waals surface area contributed by atoms with Crippen molar-refractivity contribution in [2.75, 3.05) is 33.8 Å². The Morgan fingerprint density at radius 1 is 1.34 bits per heavy atom. The number of hydrogen-bond donors (Lipinski definition) is 4. The number of nitrogens with one attached hydrogen (secondary N) is 2. The highest BCUT2D eigenvalue weighted by Gasteiger charge is 2.40. The molecule has 5 N–H and O–H groups in total. The van der Waals surface area contributed by atoms with Gasteiger partial charge in [0.2, 0.25) is 11.8 Å². The highest BCUT2D eigenvalue weighted by molar-refractivity contribution is 5.91. The first-order valence-electron chi connectivity index (χ1n) is 11.2. The van der Waals surface area contributed by atoms with Crippen LogP contribution < -0.4 is 16.4 Å². The summed E-state index contributed by atoms with van der Waals surface area (Å²) in [5.74, 6) is -1.03. The average molecular weight is 458 g/mol. The van der Waals surface area contributed by atoms with Crippen LogP contribution in [0.1, 0.15) is 46.0 Å². The number of aliphatic hydroxyl groups is 1. The van der Waals surface area contributed by atoms with E-state index in [1.54, 1.807) is 18.9 Å². The molecule has 0 spiro atoms. The number of aldehydes is 1. The summed E-state index contributed by atoms with van der Waals surface area (Å²) in [5, 5.41) is 15.2. The number of likely N-dealkylation sites (tertiary alicyclic amines) is 1. The number of carbonyl (C=O) groups excluding carboxylic acids is 4. The minimum atomic E-state index is -1.04. The zero-order valence-corrected chi connectivity index (χ0v) is 19.6. The maximum absolute atomic E-state index is 13.0. The van der Waals surface area contributed by atoms with E-state index in [0.29, 0.717) is 32.2 Å². The van der Waals surface area contributed by atoms with Crippen molar-refractivity contribution in [1.29, 1.82) is 0 Å². The van der Waals surface area contributed by atoms with E-state index in [-0.39, 0.29) is 19.0 Å². The van der Waals surface area contributed by atoms with Gasteiger partial charge in [0.25, 0.3) is 0 Å². The zero-order chi connectivity index (χ0) is 24.3. The van der Waals surface area contributed by atoms with Crippen molar-refractivity contribution < 1.29 is 29.0 Å². The van der Waals surface area contributed by atoms with E-state index >= 15 is 0 Å². The third-order valence-corrected chi connectivity index (χ3v) is 5.67. The van der Waals surface area contributed by atoms with Gasteiger partial charge in [-0.05, 0) is 26.2 Å². The van der Waals surface area contributed by atoms with Crippen LogP contribution in [0.4, 0.5) is 4.79 Å². The lowest BCUT2D eigenvalue weighted by Crippen LogP contribution is -2.58. The van der Waals surface area contributed by atoms with Crippen LogP contribution in [0.25, 0.3) is 0 Å². The Bertz CT molecular complexity index is 634. The Balaban J connectivity index is 2.57. The third-order valence-electron chi connectivity index (χ3n) is 5.67. The van der Waals surface area contributed by atoms with Crippen LogP contribution in [0.3, 0.4) is 0 Å². The highest BCUT2D eigenvalue weighted by atomic mass is 16.5. The third kappa shape index (κ3) is 8.36. The van der Waals surface area contributed by atoms with Gasteiger partial charge in [-0.15, -0.1) is 0 Å². The second kappa shape index (κ2) is 14.0. The number of urea groups is 1. The molecular weight excluding hydrogens is 418 g/mol. The van der Waals surface area contributed by atoms with E-state index in [0.717, 1.165) is 12.8 Å². The number of ether oxygens (including phenoxy) is 1. The molecule has 0 radical (unpaired) electrons. The van der Waals surface area contributed by atoms with E-state index in [1.165, 1.54) is 12.0 Å². The van der Waals surface area contributed by atoms with E-state index in [9.17, 15) is 24.3 Å². The predicted molar refractivity (Wildman–Crippen MR) is 119 cm³/mol. The molecule has 184 valence electrons. The number of carbonyl (C=O) groups is 4. The number of methoxy groups -OCH3 is 1. The topological polar surface area (TPSA) is 154 Å². The molecular formula is C21H39N5O6. The Hall–Kier alpha value is -2.24. The van der Waals surface area contributed by atoms with Crippen molar-refractivity contribution in [2.45, 2.75) is 76.3 Å². The minimum Gasteiger partial charge on any atom is -0.391 e. The Morgan fingerprint density at radius 2 is 2.03 bits per heavy atom. The summed E-state index contributed by atoms with van der Waals surface area (Å²) in [6, 6.07) is -2.84. The van der Waals surface area contributed by atoms with Gasteiger partial charge >= 0.3 is 6.03 Å². The molecule has 0 aliphatic carbocycles. The highest BCUT2D eigenvalue weighted by Crippen LogP contribution is 2.18. The molecule has 1 rings (SSSR count). The molecule has 11 nitrogen and oxygen atoms in total. The minimum absolute atomic E-state index is 0.0174. The van der Waals surface area contributed by atoms with Crippen LogP contribution in [-0.2, 0) is 19.1 Å². The second-order valence-electron chi connectivity index (χ2n) is 8.27. The van der Waals surface area contributed by atoms with Crippen molar-refractivity contribution in [3.63, 3.8) is 0 Å². The maximum Gasteiger partial charge on any atom is 0.317 e. The lowest BCUT2D eigenvalue weighted by molar-refractivity contribution is -0.142. The summed E-state index contributed by atoms with van der Waals surface area (Å²) in [5.41, 5.74) is 5.98. The number of aliphatic hydroxyl groups excluding tert-OH is 1. The van der Waals surface area contributed by atoms with Crippen molar-refractivity contribution >= 4 is 24.1 Å². The van der Waals surface area contributed by atoms with Gasteiger partial charge in [0.15, 0.2) is 0 Å². The van der Waals surface area contributed by atoms with Crippen molar-refractivity contribution in [1.82, 2.24) is 20.4 Å². The number of hydrogen-bond acceptors (Lipinski definition) is 7. The number of unbranched alkanes of at least 4 members (excludes halogenated alkanes) is 1. The molecule has 1 aliphatic heterocycles. The molecule has 0 aromatic rings. The van der Waals surface area contributed by atoms with E-state index in [1.807, 2.05) is 0 Å². The molecule has 4 amide bonds. The van der Waals surface area contributed by atoms with Gasteiger partial charge in [0.1, 0.15) is 12.3 Å². The molecule has 11 heteroatoms. The summed E-state index contributed by atoms with van der Waals surface area (Å²) in [6.07, 6.45) is 2.06. The Kier molecular flexibility index (Phi) is 12.2. The molecule has 0 bridgehead atoms. The first-order valence-corrected chi connectivity index (χ1v) is 11.2. The van der Waals surface area contributed by atoms with Gasteiger partial charge in [-0.2, -0.15) is 0 Å². The van der Waals surface area contributed by atoms with Crippen molar-refractivity contribution in [2.24, 2.45) is 5.73 Å². The molecule has 5 atom stereocenters. The van der Waals surface area contributed by atoms with Gasteiger partial charge in [-0.3, -0.25) is 9.59 Å². The molecule has 1 fully saturated rings. The molecule has 1 heterocycles. The molecule has 0 saturated carbocycles. The number of rotatable bonds is 13. The molecule has 0 aromatic heterocycles. The number of amides is 4. The van der Waals surface area contributed by atoms with Crippen LogP contribution >= 0.6 is 0 Å². The van der Waals surface area contributed by atoms with Crippen LogP contribution in [-0.4, -0.2) is 103 Å². The lowest BCUT2D eigenvalue weighted by Gasteiger charge is -2.30. The van der Waals surface area contributed by atoms with Crippen LogP contribution in [0, 0.1) is 0 Å². The fourth-order valence-electron chi connectivity index (χ4n) is 3.46. The van der Waals surface area contributed by atoms with E-state index in [4.69, 9.17) is 10.5 Å². The monoisotopic (exact) mass is 457 g/mol. The van der Waals surface area contributed by atoms with Gasteiger partial charge in [0.05, 0.1) is 24.3 Å². The Morgan fingerprint density at radius 3 is 2.62 bits per heavy atom. The standard InChI is InChI=1S/C21H39N5O6/c1-5-6-10-25(3)21(31)23-9-7-8-17(22)19(29)24-18(14(2)32-4)20(30)26-12-16(28)11-15(26)13-27/h13-18,28H,5-12,22H2,1-4H3,(H,23,31)(H,24,29)/t14?,15?,16-,17?,18?/m1/s1. The zero-order valence-electron chi connectivity index (χ0n) is 19.6. The summed E-state index contributed by atoms with van der Waals surface area (Å²) in [4.78, 5) is 51.7. The second-order valence-corrected chi connectivity index (χ2v) is 8.27. The first-order chi connectivity index (χ1) is 15.2. The first kappa shape index (κ1) is 27.8. The SMILES string of the molecule is CCCCN(C)C(=O)NCCCC(N)C(=O)NC(C(=O)N1C[C@H](O)CC1C=O)C(C)OC. The van der Waals surface area contributed by atoms with Gasteiger partial charge in [0, 0.05) is 40.2 Å². The van der Waals surface area contributed by atoms with E-state index < -0.39 is 42.1 Å². The quantitative estimate of drug-likeness (QED) is 0.209. The largest absolute Gasteiger partial charge is 0.391 e. The van der Waals surface area contributed by atoms with Crippen LogP contribution in [0.5, 0.6) is 0 Å². The van der Waals surface area contributed by atoms with Gasteiger partial charge in [-0.1, -0.05) is 13.3 Å². The summed E-state index contributed by atoms with van der Waals surface area (Å²) in [7, 11) is 3.14. The molecule has 32 heavy (non-hydrogen) atoms. The lowest BCUT2D eigenvalue weighted by atomic mass is 10.1. The van der Waals surface area contributed by atoms with Crippen LogP contribution in [0.2, 0.25) is 0 Å². The van der Waals surface area contributed by atoms with Crippen LogP contribution in [0.15, 0.2) is 0 Å². The van der Waals surface area contributed by atoms with Gasteiger partial charge < -0.3 is 40.8 Å². The molecule has 1 aliphatic rings.